The first-order valence-corrected chi connectivity index (χ1v) is 4.01. The molecule has 1 N–H and O–H groups in total. The van der Waals surface area contributed by atoms with Gasteiger partial charge in [0.2, 0.25) is 5.91 Å². The van der Waals surface area contributed by atoms with Gasteiger partial charge in [0.05, 0.1) is 18.7 Å². The van der Waals surface area contributed by atoms with Gasteiger partial charge in [-0.15, -0.1) is 11.6 Å². The number of hydrogen-bond donors (Lipinski definition) is 1. The maximum Gasteiger partial charge on any atom is 0.240 e. The van der Waals surface area contributed by atoms with Crippen LogP contribution in [-0.4, -0.2) is 40.0 Å². The fourth-order valence-corrected chi connectivity index (χ4v) is 1.32. The van der Waals surface area contributed by atoms with Gasteiger partial charge in [-0.05, 0) is 13.8 Å². The molecule has 0 spiro atoms. The van der Waals surface area contributed by atoms with Crippen molar-refractivity contribution in [3.8, 4) is 0 Å². The van der Waals surface area contributed by atoms with Gasteiger partial charge in [-0.2, -0.15) is 0 Å². The highest BCUT2D eigenvalue weighted by Gasteiger charge is 2.40. The summed E-state index contributed by atoms with van der Waals surface area (Å²) in [6.45, 7) is 4.15. The molecule has 1 aliphatic rings. The molecule has 1 atom stereocenters. The largest absolute Gasteiger partial charge is 0.386 e. The van der Waals surface area contributed by atoms with E-state index < -0.39 is 11.0 Å². The van der Waals surface area contributed by atoms with Gasteiger partial charge in [0, 0.05) is 0 Å². The Kier molecular flexibility index (Phi) is 2.12. The monoisotopic (exact) mass is 177 g/mol. The number of hydrogen-bond acceptors (Lipinski definition) is 2. The molecule has 64 valence electrons. The second-order valence-electron chi connectivity index (χ2n) is 3.31. The van der Waals surface area contributed by atoms with E-state index in [2.05, 4.69) is 0 Å². The summed E-state index contributed by atoms with van der Waals surface area (Å²) < 4.78 is 0. The van der Waals surface area contributed by atoms with E-state index in [4.69, 9.17) is 11.6 Å². The van der Waals surface area contributed by atoms with Crippen LogP contribution in [0.5, 0.6) is 0 Å². The number of carbonyl (C=O) groups is 1. The van der Waals surface area contributed by atoms with Gasteiger partial charge >= 0.3 is 0 Å². The normalized spacial score (nSPS) is 24.2. The lowest BCUT2D eigenvalue weighted by Gasteiger charge is -2.44. The van der Waals surface area contributed by atoms with Crippen LogP contribution in [0.3, 0.4) is 0 Å². The lowest BCUT2D eigenvalue weighted by atomic mass is 9.97. The van der Waals surface area contributed by atoms with E-state index in [1.165, 1.54) is 0 Å². The van der Waals surface area contributed by atoms with E-state index in [0.717, 1.165) is 0 Å². The number of carbonyl (C=O) groups excluding carboxylic acids is 1. The summed E-state index contributed by atoms with van der Waals surface area (Å²) in [6.07, 6.45) is 0. The first kappa shape index (κ1) is 8.81. The van der Waals surface area contributed by atoms with Gasteiger partial charge in [-0.25, -0.2) is 0 Å². The molecule has 0 aromatic rings. The van der Waals surface area contributed by atoms with Crippen molar-refractivity contribution in [2.45, 2.75) is 24.8 Å². The summed E-state index contributed by atoms with van der Waals surface area (Å²) in [5, 5.41) is 8.80. The van der Waals surface area contributed by atoms with Gasteiger partial charge in [0.15, 0.2) is 0 Å². The molecule has 0 radical (unpaired) electrons. The van der Waals surface area contributed by atoms with Crippen LogP contribution in [-0.2, 0) is 4.79 Å². The van der Waals surface area contributed by atoms with Crippen molar-refractivity contribution in [1.82, 2.24) is 4.90 Å². The lowest BCUT2D eigenvalue weighted by Crippen LogP contribution is -2.62. The first-order valence-electron chi connectivity index (χ1n) is 3.58. The molecule has 1 heterocycles. The Morgan fingerprint density at radius 3 is 2.45 bits per heavy atom. The van der Waals surface area contributed by atoms with Crippen LogP contribution in [0, 0.1) is 0 Å². The molecule has 1 aliphatic heterocycles. The molecule has 1 fully saturated rings. The van der Waals surface area contributed by atoms with Gasteiger partial charge in [0.1, 0.15) is 5.38 Å². The van der Waals surface area contributed by atoms with Crippen molar-refractivity contribution in [2.75, 3.05) is 13.1 Å². The summed E-state index contributed by atoms with van der Waals surface area (Å²) in [7, 11) is 0. The Morgan fingerprint density at radius 1 is 1.73 bits per heavy atom. The fraction of sp³-hybridized carbons (Fsp3) is 0.857. The Balaban J connectivity index is 2.38. The number of nitrogens with zero attached hydrogens (tertiary/aromatic N) is 1. The van der Waals surface area contributed by atoms with Crippen molar-refractivity contribution in [1.29, 1.82) is 0 Å². The molecule has 0 bridgehead atoms. The van der Waals surface area contributed by atoms with Gasteiger partial charge in [0.25, 0.3) is 0 Å². The van der Waals surface area contributed by atoms with E-state index in [0.29, 0.717) is 13.1 Å². The number of halogens is 1. The molecule has 1 rings (SSSR count). The third-order valence-corrected chi connectivity index (χ3v) is 1.90. The number of alkyl halides is 1. The number of amides is 1. The Bertz CT molecular complexity index is 171. The van der Waals surface area contributed by atoms with Crippen LogP contribution in [0.2, 0.25) is 0 Å². The number of aliphatic hydroxyl groups is 1. The minimum absolute atomic E-state index is 0.0989. The summed E-state index contributed by atoms with van der Waals surface area (Å²) in [4.78, 5) is 12.6. The topological polar surface area (TPSA) is 40.5 Å². The van der Waals surface area contributed by atoms with Gasteiger partial charge < -0.3 is 10.0 Å². The van der Waals surface area contributed by atoms with Gasteiger partial charge in [-0.1, -0.05) is 0 Å². The van der Waals surface area contributed by atoms with E-state index in [-0.39, 0.29) is 5.91 Å². The highest BCUT2D eigenvalue weighted by atomic mass is 35.5. The molecule has 3 nitrogen and oxygen atoms in total. The number of likely N-dealkylation sites (tertiary alicyclic amines) is 1. The molecule has 0 aromatic heterocycles. The molecule has 11 heavy (non-hydrogen) atoms. The first-order chi connectivity index (χ1) is 4.92. The van der Waals surface area contributed by atoms with Crippen molar-refractivity contribution >= 4 is 17.5 Å². The standard InChI is InChI=1S/C7H12ClNO2/c1-5(8)6(10)9-3-7(2,11)4-9/h5,11H,3-4H2,1-2H3. The van der Waals surface area contributed by atoms with Crippen LogP contribution in [0.4, 0.5) is 0 Å². The van der Waals surface area contributed by atoms with E-state index in [1.54, 1.807) is 18.7 Å². The third kappa shape index (κ3) is 1.84. The molecule has 0 aromatic carbocycles. The second-order valence-corrected chi connectivity index (χ2v) is 3.96. The molecule has 0 saturated carbocycles. The quantitative estimate of drug-likeness (QED) is 0.582. The smallest absolute Gasteiger partial charge is 0.240 e. The summed E-state index contributed by atoms with van der Waals surface area (Å²) in [6, 6.07) is 0. The predicted molar refractivity (Wildman–Crippen MR) is 42.5 cm³/mol. The molecule has 1 amide bonds. The van der Waals surface area contributed by atoms with Crippen LogP contribution >= 0.6 is 11.6 Å². The van der Waals surface area contributed by atoms with Crippen LogP contribution < -0.4 is 0 Å². The minimum Gasteiger partial charge on any atom is -0.386 e. The highest BCUT2D eigenvalue weighted by Crippen LogP contribution is 2.21. The zero-order valence-corrected chi connectivity index (χ0v) is 7.43. The predicted octanol–water partition coefficient (Wildman–Crippen LogP) is 0.207. The van der Waals surface area contributed by atoms with E-state index >= 15 is 0 Å². The molecule has 1 saturated heterocycles. The average molecular weight is 178 g/mol. The van der Waals surface area contributed by atoms with E-state index in [1.807, 2.05) is 0 Å². The Labute approximate surface area is 70.9 Å². The maximum atomic E-state index is 11.1. The SMILES string of the molecule is CC(Cl)C(=O)N1CC(C)(O)C1. The Hall–Kier alpha value is -0.280. The molecular weight excluding hydrogens is 166 g/mol. The summed E-state index contributed by atoms with van der Waals surface area (Å²) in [5.41, 5.74) is -0.693. The molecular formula is C7H12ClNO2. The maximum absolute atomic E-state index is 11.1. The Morgan fingerprint density at radius 2 is 2.18 bits per heavy atom. The zero-order valence-electron chi connectivity index (χ0n) is 6.67. The third-order valence-electron chi connectivity index (χ3n) is 1.71. The second kappa shape index (κ2) is 2.64. The van der Waals surface area contributed by atoms with Crippen LogP contribution in [0.25, 0.3) is 0 Å². The van der Waals surface area contributed by atoms with Crippen LogP contribution in [0.15, 0.2) is 0 Å². The van der Waals surface area contributed by atoms with Crippen molar-refractivity contribution in [3.05, 3.63) is 0 Å². The number of rotatable bonds is 1. The average Bonchev–Trinajstić information content (AvgIpc) is 1.80. The van der Waals surface area contributed by atoms with Gasteiger partial charge in [-0.3, -0.25) is 4.79 Å². The van der Waals surface area contributed by atoms with Crippen LogP contribution in [0.1, 0.15) is 13.8 Å². The minimum atomic E-state index is -0.693. The molecule has 4 heteroatoms. The van der Waals surface area contributed by atoms with E-state index in [9.17, 15) is 9.90 Å². The van der Waals surface area contributed by atoms with Crippen molar-refractivity contribution < 1.29 is 9.90 Å². The summed E-state index contributed by atoms with van der Waals surface area (Å²) >= 11 is 5.56. The lowest BCUT2D eigenvalue weighted by molar-refractivity contribution is -0.151. The van der Waals surface area contributed by atoms with Crippen molar-refractivity contribution in [2.24, 2.45) is 0 Å². The zero-order chi connectivity index (χ0) is 8.65. The summed E-state index contributed by atoms with van der Waals surface area (Å²) in [5.74, 6) is -0.0989. The number of β-amino-alcohol motifs (C(OH)–C–C–N with tert-alkyl or cyclic N) is 1. The molecule has 0 aliphatic carbocycles. The fourth-order valence-electron chi connectivity index (χ4n) is 1.18. The highest BCUT2D eigenvalue weighted by molar-refractivity contribution is 6.30. The van der Waals surface area contributed by atoms with Crippen molar-refractivity contribution in [3.63, 3.8) is 0 Å². The molecule has 1 unspecified atom stereocenters.